The number of hydrogen-bond acceptors (Lipinski definition) is 5. The van der Waals surface area contributed by atoms with Crippen LogP contribution in [-0.4, -0.2) is 20.0 Å². The van der Waals surface area contributed by atoms with Crippen molar-refractivity contribution >= 4 is 58.3 Å². The van der Waals surface area contributed by atoms with Crippen LogP contribution < -0.4 is 10.9 Å². The molecule has 28 heavy (non-hydrogen) atoms. The largest absolute Gasteiger partial charge is 0.429 e. The van der Waals surface area contributed by atoms with Gasteiger partial charge in [-0.05, 0) is 52.5 Å². The summed E-state index contributed by atoms with van der Waals surface area (Å²) in [6.45, 7) is 0. The van der Waals surface area contributed by atoms with Crippen molar-refractivity contribution in [1.82, 2.24) is 15.4 Å². The van der Waals surface area contributed by atoms with Crippen molar-refractivity contribution in [3.05, 3.63) is 65.9 Å². The molecule has 0 radical (unpaired) electrons. The van der Waals surface area contributed by atoms with Crippen LogP contribution in [0.3, 0.4) is 0 Å². The molecule has 6 nitrogen and oxygen atoms in total. The Hall–Kier alpha value is -2.25. The molecule has 0 bridgehead atoms. The lowest BCUT2D eigenvalue weighted by atomic mass is 10.00. The van der Waals surface area contributed by atoms with Gasteiger partial charge >= 0.3 is 10.1 Å². The Morgan fingerprint density at radius 1 is 0.929 bits per heavy atom. The van der Waals surface area contributed by atoms with Gasteiger partial charge < -0.3 is 4.74 Å². The first-order valence-corrected chi connectivity index (χ1v) is 9.33. The number of rotatable bonds is 4. The summed E-state index contributed by atoms with van der Waals surface area (Å²) < 4.78 is 2.37. The molecule has 1 amide bonds. The van der Waals surface area contributed by atoms with Gasteiger partial charge in [-0.3, -0.25) is 5.43 Å². The number of nitrogens with zero attached hydrogens (tertiary/aromatic N) is 2. The highest BCUT2D eigenvalue weighted by Crippen LogP contribution is 2.35. The molecule has 2 N–H and O–H groups in total. The van der Waals surface area contributed by atoms with Gasteiger partial charge in [0.25, 0.3) is 0 Å². The summed E-state index contributed by atoms with van der Waals surface area (Å²) in [6, 6.07) is 16.6. The topological polar surface area (TPSA) is 76.1 Å². The van der Waals surface area contributed by atoms with Gasteiger partial charge in [0.2, 0.25) is 0 Å². The average Bonchev–Trinajstić information content (AvgIpc) is 2.66. The van der Waals surface area contributed by atoms with Gasteiger partial charge in [0, 0.05) is 10.6 Å². The molecule has 0 unspecified atom stereocenters. The van der Waals surface area contributed by atoms with Crippen LogP contribution >= 0.6 is 46.4 Å². The summed E-state index contributed by atoms with van der Waals surface area (Å²) in [7, 11) is 0. The summed E-state index contributed by atoms with van der Waals surface area (Å²) in [5.74, 6) is 0.326. The second-order valence-electron chi connectivity index (χ2n) is 5.40. The molecule has 1 heterocycles. The quantitative estimate of drug-likeness (QED) is 0.379. The molecule has 0 saturated carbocycles. The molecule has 0 atom stereocenters. The number of halogens is 4. The monoisotopic (exact) mass is 456 g/mol. The van der Waals surface area contributed by atoms with Gasteiger partial charge in [-0.25, -0.2) is 20.2 Å². The molecule has 2 aromatic carbocycles. The highest BCUT2D eigenvalue weighted by atomic mass is 35.6. The third-order valence-corrected chi connectivity index (χ3v) is 4.00. The Labute approximate surface area is 180 Å². The maximum Gasteiger partial charge on any atom is 0.429 e. The summed E-state index contributed by atoms with van der Waals surface area (Å²) in [6.07, 6.45) is 0.367. The Kier molecular flexibility index (Phi) is 6.46. The SMILES string of the molecule is O=C(NNc1ncnc(-c2ccc(Cl)cc2)c1-c1ccccc1)OC(Cl)(Cl)Cl. The van der Waals surface area contributed by atoms with E-state index in [2.05, 4.69) is 25.6 Å². The lowest BCUT2D eigenvalue weighted by molar-refractivity contribution is 0.146. The number of ether oxygens (including phenoxy) is 1. The number of amides is 1. The summed E-state index contributed by atoms with van der Waals surface area (Å²) in [4.78, 5) is 20.4. The average molecular weight is 458 g/mol. The summed E-state index contributed by atoms with van der Waals surface area (Å²) >= 11 is 22.3. The van der Waals surface area contributed by atoms with Crippen LogP contribution in [0.4, 0.5) is 10.6 Å². The molecule has 144 valence electrons. The molecule has 0 aliphatic carbocycles. The fourth-order valence-corrected chi connectivity index (χ4v) is 2.76. The van der Waals surface area contributed by atoms with Crippen molar-refractivity contribution in [1.29, 1.82) is 0 Å². The van der Waals surface area contributed by atoms with Crippen molar-refractivity contribution in [3.8, 4) is 22.4 Å². The molecule has 0 saturated heterocycles. The summed E-state index contributed by atoms with van der Waals surface area (Å²) in [5.41, 5.74) is 7.89. The van der Waals surface area contributed by atoms with Crippen LogP contribution in [0.2, 0.25) is 5.02 Å². The molecule has 10 heteroatoms. The molecule has 0 spiro atoms. The second-order valence-corrected chi connectivity index (χ2v) is 8.02. The maximum atomic E-state index is 11.8. The minimum atomic E-state index is -2.19. The Balaban J connectivity index is 1.99. The fourth-order valence-electron chi connectivity index (χ4n) is 2.43. The molecule has 3 aromatic rings. The van der Waals surface area contributed by atoms with E-state index in [9.17, 15) is 4.79 Å². The number of carbonyl (C=O) groups excluding carboxylic acids is 1. The fraction of sp³-hybridized carbons (Fsp3) is 0.0556. The number of carbonyl (C=O) groups is 1. The predicted octanol–water partition coefficient (Wildman–Crippen LogP) is 5.84. The van der Waals surface area contributed by atoms with Crippen LogP contribution in [0.1, 0.15) is 0 Å². The Morgan fingerprint density at radius 2 is 1.61 bits per heavy atom. The number of nitrogens with one attached hydrogen (secondary N) is 2. The molecular formula is C18H12Cl4N4O2. The van der Waals surface area contributed by atoms with Gasteiger partial charge in [-0.2, -0.15) is 0 Å². The minimum Gasteiger partial charge on any atom is -0.397 e. The van der Waals surface area contributed by atoms with Crippen molar-refractivity contribution in [2.75, 3.05) is 5.43 Å². The molecule has 0 aliphatic heterocycles. The lowest BCUT2D eigenvalue weighted by Crippen LogP contribution is -2.33. The second kappa shape index (κ2) is 8.84. The zero-order chi connectivity index (χ0) is 20.1. The zero-order valence-corrected chi connectivity index (χ0v) is 17.0. The number of hydrogen-bond donors (Lipinski definition) is 2. The standard InChI is InChI=1S/C18H12Cl4N4O2/c19-13-8-6-12(7-9-13)15-14(11-4-2-1-3-5-11)16(24-10-23-15)25-26-17(27)28-18(20,21)22/h1-10H,(H,26,27)(H,23,24,25). The van der Waals surface area contributed by atoms with E-state index in [1.165, 1.54) is 6.33 Å². The van der Waals surface area contributed by atoms with Crippen molar-refractivity contribution in [2.24, 2.45) is 0 Å². The first kappa shape index (κ1) is 20.5. The van der Waals surface area contributed by atoms with Gasteiger partial charge in [0.05, 0.1) is 11.3 Å². The lowest BCUT2D eigenvalue weighted by Gasteiger charge is -2.17. The maximum absolute atomic E-state index is 11.8. The highest BCUT2D eigenvalue weighted by Gasteiger charge is 2.25. The van der Waals surface area contributed by atoms with Crippen LogP contribution in [0.5, 0.6) is 0 Å². The number of aromatic nitrogens is 2. The van der Waals surface area contributed by atoms with Gasteiger partial charge in [0.15, 0.2) is 5.82 Å². The molecule has 3 rings (SSSR count). The van der Waals surface area contributed by atoms with Crippen LogP contribution in [0.15, 0.2) is 60.9 Å². The summed E-state index contributed by atoms with van der Waals surface area (Å²) in [5, 5.41) is 0.605. The third kappa shape index (κ3) is 5.39. The number of anilines is 1. The van der Waals surface area contributed by atoms with E-state index in [1.807, 2.05) is 42.5 Å². The van der Waals surface area contributed by atoms with E-state index in [-0.39, 0.29) is 0 Å². The van der Waals surface area contributed by atoms with E-state index in [4.69, 9.17) is 46.4 Å². The van der Waals surface area contributed by atoms with E-state index in [0.29, 0.717) is 22.1 Å². The molecule has 1 aromatic heterocycles. The minimum absolute atomic E-state index is 0.326. The van der Waals surface area contributed by atoms with Crippen molar-refractivity contribution < 1.29 is 9.53 Å². The van der Waals surface area contributed by atoms with Gasteiger partial charge in [-0.1, -0.05) is 54.1 Å². The molecule has 0 aliphatic rings. The first-order chi connectivity index (χ1) is 13.3. The highest BCUT2D eigenvalue weighted by molar-refractivity contribution is 6.66. The Bertz CT molecular complexity index is 964. The van der Waals surface area contributed by atoms with Crippen LogP contribution in [0.25, 0.3) is 22.4 Å². The number of hydrazine groups is 1. The van der Waals surface area contributed by atoms with Crippen LogP contribution in [-0.2, 0) is 4.74 Å². The van der Waals surface area contributed by atoms with E-state index in [1.54, 1.807) is 12.1 Å². The first-order valence-electron chi connectivity index (χ1n) is 7.81. The predicted molar refractivity (Wildman–Crippen MR) is 111 cm³/mol. The zero-order valence-electron chi connectivity index (χ0n) is 14.0. The van der Waals surface area contributed by atoms with E-state index >= 15 is 0 Å². The molecular weight excluding hydrogens is 446 g/mol. The van der Waals surface area contributed by atoms with Gasteiger partial charge in [0.1, 0.15) is 6.33 Å². The van der Waals surface area contributed by atoms with E-state index in [0.717, 1.165) is 11.1 Å². The molecule has 0 fully saturated rings. The number of alkyl halides is 3. The van der Waals surface area contributed by atoms with Crippen molar-refractivity contribution in [3.63, 3.8) is 0 Å². The van der Waals surface area contributed by atoms with E-state index < -0.39 is 10.1 Å². The third-order valence-electron chi connectivity index (χ3n) is 3.52. The normalized spacial score (nSPS) is 11.0. The van der Waals surface area contributed by atoms with Gasteiger partial charge in [-0.15, -0.1) is 0 Å². The smallest absolute Gasteiger partial charge is 0.397 e. The Morgan fingerprint density at radius 3 is 2.25 bits per heavy atom. The van der Waals surface area contributed by atoms with Crippen molar-refractivity contribution in [2.45, 2.75) is 3.98 Å². The number of benzene rings is 2. The van der Waals surface area contributed by atoms with Crippen LogP contribution in [0, 0.1) is 0 Å².